The molecule has 1 aliphatic rings. The Morgan fingerprint density at radius 1 is 0.404 bits per heavy atom. The van der Waals surface area contributed by atoms with E-state index in [0.717, 1.165) is 60.9 Å². The number of anilines is 3. The molecule has 0 saturated carbocycles. The summed E-state index contributed by atoms with van der Waals surface area (Å²) in [5, 5.41) is 4.43. The zero-order valence-corrected chi connectivity index (χ0v) is 25.8. The largest absolute Gasteiger partial charge is 0.456 e. The van der Waals surface area contributed by atoms with E-state index >= 15 is 0 Å². The predicted molar refractivity (Wildman–Crippen MR) is 193 cm³/mol. The van der Waals surface area contributed by atoms with Crippen molar-refractivity contribution in [3.8, 4) is 11.1 Å². The second-order valence-corrected chi connectivity index (χ2v) is 12.6. The zero-order chi connectivity index (χ0) is 31.1. The highest BCUT2D eigenvalue weighted by Crippen LogP contribution is 2.56. The van der Waals surface area contributed by atoms with E-state index in [1.807, 2.05) is 18.2 Å². The van der Waals surface area contributed by atoms with E-state index in [4.69, 9.17) is 8.83 Å². The van der Waals surface area contributed by atoms with E-state index in [2.05, 4.69) is 151 Å². The summed E-state index contributed by atoms with van der Waals surface area (Å²) < 4.78 is 13.0. The van der Waals surface area contributed by atoms with Crippen molar-refractivity contribution < 1.29 is 8.83 Å². The minimum Gasteiger partial charge on any atom is -0.456 e. The highest BCUT2D eigenvalue weighted by atomic mass is 16.3. The number of hydrogen-bond acceptors (Lipinski definition) is 3. The third-order valence-corrected chi connectivity index (χ3v) is 10.1. The van der Waals surface area contributed by atoms with Crippen LogP contribution in [0.1, 0.15) is 23.6 Å². The lowest BCUT2D eigenvalue weighted by Crippen LogP contribution is -2.26. The van der Waals surface area contributed by atoms with Crippen LogP contribution in [0, 0.1) is 0 Å². The normalized spacial score (nSPS) is 13.4. The van der Waals surface area contributed by atoms with Gasteiger partial charge in [-0.1, -0.05) is 103 Å². The van der Waals surface area contributed by atoms with Crippen LogP contribution in [0.25, 0.3) is 55.0 Å². The third-order valence-electron chi connectivity index (χ3n) is 10.1. The fourth-order valence-corrected chi connectivity index (χ4v) is 7.95. The number of rotatable bonds is 4. The molecule has 0 unspecified atom stereocenters. The average molecular weight is 604 g/mol. The smallest absolute Gasteiger partial charge is 0.137 e. The van der Waals surface area contributed by atoms with Crippen molar-refractivity contribution in [3.63, 3.8) is 0 Å². The topological polar surface area (TPSA) is 29.5 Å². The molecule has 0 fully saturated rings. The number of fused-ring (bicyclic) bond motifs is 9. The Bertz CT molecular complexity index is 2620. The monoisotopic (exact) mass is 603 g/mol. The molecule has 3 heteroatoms. The molecule has 0 atom stereocenters. The van der Waals surface area contributed by atoms with Gasteiger partial charge in [0.2, 0.25) is 0 Å². The SMILES string of the molecule is CC1(c2cc3oc4ccccc4c3cc2N(c2ccccc2)c2ccc3c(c2)oc2ccccc23)c2ccccc2-c2ccccc21. The van der Waals surface area contributed by atoms with Gasteiger partial charge in [0.25, 0.3) is 0 Å². The van der Waals surface area contributed by atoms with Crippen LogP contribution in [-0.2, 0) is 5.41 Å². The number of benzene rings is 7. The van der Waals surface area contributed by atoms with E-state index in [0.29, 0.717) is 0 Å². The molecule has 2 heterocycles. The van der Waals surface area contributed by atoms with Crippen molar-refractivity contribution in [3.05, 3.63) is 174 Å². The van der Waals surface area contributed by atoms with Crippen LogP contribution < -0.4 is 4.90 Å². The molecule has 0 radical (unpaired) electrons. The van der Waals surface area contributed by atoms with Gasteiger partial charge in [-0.15, -0.1) is 0 Å². The fraction of sp³-hybridized carbons (Fsp3) is 0.0455. The van der Waals surface area contributed by atoms with Gasteiger partial charge in [0.15, 0.2) is 0 Å². The van der Waals surface area contributed by atoms with E-state index < -0.39 is 5.41 Å². The predicted octanol–water partition coefficient (Wildman–Crippen LogP) is 12.3. The molecule has 0 amide bonds. The standard InChI is InChI=1S/C44H29NO2/c1-44(36-19-9-5-15-30(36)31-16-6-10-20-37(31)44)38-27-43-35(33-18-8-12-22-41(33)47-43)26-39(38)45(28-13-3-2-4-14-28)29-23-24-34-32-17-7-11-21-40(32)46-42(34)25-29/h2-27H,1H3. The molecule has 47 heavy (non-hydrogen) atoms. The van der Waals surface area contributed by atoms with Gasteiger partial charge < -0.3 is 13.7 Å². The lowest BCUT2D eigenvalue weighted by atomic mass is 9.73. The molecule has 10 rings (SSSR count). The van der Waals surface area contributed by atoms with Gasteiger partial charge in [-0.3, -0.25) is 0 Å². The maximum Gasteiger partial charge on any atom is 0.137 e. The molecule has 0 N–H and O–H groups in total. The summed E-state index contributed by atoms with van der Waals surface area (Å²) in [6.07, 6.45) is 0. The quantitative estimate of drug-likeness (QED) is 0.200. The Morgan fingerprint density at radius 2 is 0.936 bits per heavy atom. The summed E-state index contributed by atoms with van der Waals surface area (Å²) in [5.41, 5.74) is 12.6. The van der Waals surface area contributed by atoms with Crippen molar-refractivity contribution in [2.24, 2.45) is 0 Å². The molecule has 222 valence electrons. The molecule has 1 aliphatic carbocycles. The molecule has 0 saturated heterocycles. The van der Waals surface area contributed by atoms with Crippen molar-refractivity contribution in [1.29, 1.82) is 0 Å². The minimum absolute atomic E-state index is 0.452. The van der Waals surface area contributed by atoms with Crippen LogP contribution in [0.5, 0.6) is 0 Å². The number of para-hydroxylation sites is 3. The van der Waals surface area contributed by atoms with Crippen LogP contribution in [0.4, 0.5) is 17.1 Å². The van der Waals surface area contributed by atoms with Crippen LogP contribution in [0.2, 0.25) is 0 Å². The Morgan fingerprint density at radius 3 is 1.62 bits per heavy atom. The number of furan rings is 2. The van der Waals surface area contributed by atoms with Crippen LogP contribution >= 0.6 is 0 Å². The van der Waals surface area contributed by atoms with Gasteiger partial charge in [-0.2, -0.15) is 0 Å². The molecule has 0 bridgehead atoms. The second kappa shape index (κ2) is 9.72. The average Bonchev–Trinajstić information content (AvgIpc) is 3.77. The summed E-state index contributed by atoms with van der Waals surface area (Å²) in [4.78, 5) is 2.39. The molecule has 7 aromatic carbocycles. The lowest BCUT2D eigenvalue weighted by Gasteiger charge is -2.35. The van der Waals surface area contributed by atoms with E-state index in [1.54, 1.807) is 0 Å². The van der Waals surface area contributed by atoms with Crippen molar-refractivity contribution in [2.75, 3.05) is 4.90 Å². The number of hydrogen-bond donors (Lipinski definition) is 0. The van der Waals surface area contributed by atoms with Crippen molar-refractivity contribution in [2.45, 2.75) is 12.3 Å². The Hall–Kier alpha value is -6.06. The molecule has 3 nitrogen and oxygen atoms in total. The van der Waals surface area contributed by atoms with E-state index in [9.17, 15) is 0 Å². The molecular weight excluding hydrogens is 574 g/mol. The van der Waals surface area contributed by atoms with Gasteiger partial charge in [0, 0.05) is 44.4 Å². The van der Waals surface area contributed by atoms with E-state index in [-0.39, 0.29) is 0 Å². The maximum absolute atomic E-state index is 6.58. The number of nitrogens with zero attached hydrogens (tertiary/aromatic N) is 1. The molecule has 9 aromatic rings. The van der Waals surface area contributed by atoms with Crippen LogP contribution in [0.3, 0.4) is 0 Å². The second-order valence-electron chi connectivity index (χ2n) is 12.6. The summed E-state index contributed by atoms with van der Waals surface area (Å²) in [6, 6.07) is 56.1. The van der Waals surface area contributed by atoms with Crippen LogP contribution in [0.15, 0.2) is 167 Å². The van der Waals surface area contributed by atoms with Gasteiger partial charge in [-0.05, 0) is 83.3 Å². The summed E-state index contributed by atoms with van der Waals surface area (Å²) in [5.74, 6) is 0. The summed E-state index contributed by atoms with van der Waals surface area (Å²) >= 11 is 0. The van der Waals surface area contributed by atoms with Gasteiger partial charge in [0.05, 0.1) is 5.69 Å². The zero-order valence-electron chi connectivity index (χ0n) is 25.8. The first kappa shape index (κ1) is 26.2. The molecular formula is C44H29NO2. The van der Waals surface area contributed by atoms with Crippen LogP contribution in [-0.4, -0.2) is 0 Å². The first-order valence-electron chi connectivity index (χ1n) is 16.1. The Labute approximate surface area is 271 Å². The minimum atomic E-state index is -0.452. The van der Waals surface area contributed by atoms with Gasteiger partial charge in [0.1, 0.15) is 22.3 Å². The highest BCUT2D eigenvalue weighted by Gasteiger charge is 2.43. The van der Waals surface area contributed by atoms with Gasteiger partial charge in [-0.25, -0.2) is 0 Å². The van der Waals surface area contributed by atoms with Crippen molar-refractivity contribution in [1.82, 2.24) is 0 Å². The summed E-state index contributed by atoms with van der Waals surface area (Å²) in [7, 11) is 0. The Balaban J connectivity index is 1.32. The molecule has 2 aromatic heterocycles. The first-order valence-corrected chi connectivity index (χ1v) is 16.1. The van der Waals surface area contributed by atoms with E-state index in [1.165, 1.54) is 27.8 Å². The lowest BCUT2D eigenvalue weighted by molar-refractivity contribution is 0.662. The fourth-order valence-electron chi connectivity index (χ4n) is 7.95. The Kier molecular flexibility index (Phi) is 5.41. The summed E-state index contributed by atoms with van der Waals surface area (Å²) in [6.45, 7) is 2.37. The highest BCUT2D eigenvalue weighted by molar-refractivity contribution is 6.09. The molecule has 0 spiro atoms. The molecule has 0 aliphatic heterocycles. The first-order chi connectivity index (χ1) is 23.2. The third kappa shape index (κ3) is 3.68. The van der Waals surface area contributed by atoms with Crippen molar-refractivity contribution >= 4 is 60.9 Å². The maximum atomic E-state index is 6.58. The van der Waals surface area contributed by atoms with Gasteiger partial charge >= 0.3 is 0 Å².